The second kappa shape index (κ2) is 11.8. The third-order valence-corrected chi connectivity index (χ3v) is 7.30. The highest BCUT2D eigenvalue weighted by atomic mass is 16.5. The molecule has 0 radical (unpaired) electrons. The van der Waals surface area contributed by atoms with E-state index in [2.05, 4.69) is 52.3 Å². The molecule has 41 heavy (non-hydrogen) atoms. The van der Waals surface area contributed by atoms with E-state index in [9.17, 15) is 4.79 Å². The minimum absolute atomic E-state index is 0.119. The quantitative estimate of drug-likeness (QED) is 0.305. The van der Waals surface area contributed by atoms with Crippen LogP contribution in [0.4, 0.5) is 11.6 Å². The van der Waals surface area contributed by atoms with Crippen molar-refractivity contribution in [2.45, 2.75) is 32.7 Å². The molecule has 4 aromatic rings. The molecule has 1 aliphatic rings. The van der Waals surface area contributed by atoms with E-state index < -0.39 is 0 Å². The molecule has 5 rings (SSSR count). The van der Waals surface area contributed by atoms with Crippen LogP contribution < -0.4 is 20.1 Å². The van der Waals surface area contributed by atoms with Crippen molar-refractivity contribution >= 4 is 28.4 Å². The van der Waals surface area contributed by atoms with Crippen LogP contribution in [0.1, 0.15) is 42.4 Å². The Morgan fingerprint density at radius 2 is 1.90 bits per heavy atom. The van der Waals surface area contributed by atoms with E-state index in [4.69, 9.17) is 14.2 Å². The van der Waals surface area contributed by atoms with Crippen LogP contribution in [0, 0.1) is 0 Å². The fourth-order valence-corrected chi connectivity index (χ4v) is 5.07. The fourth-order valence-electron chi connectivity index (χ4n) is 5.07. The molecule has 10 nitrogen and oxygen atoms in total. The van der Waals surface area contributed by atoms with Crippen LogP contribution in [0.2, 0.25) is 0 Å². The van der Waals surface area contributed by atoms with Crippen molar-refractivity contribution in [3.05, 3.63) is 65.5 Å². The number of benzene rings is 2. The largest absolute Gasteiger partial charge is 0.494 e. The number of aromatic nitrogens is 3. The molecule has 0 bridgehead atoms. The lowest BCUT2D eigenvalue weighted by Crippen LogP contribution is -2.35. The van der Waals surface area contributed by atoms with Crippen molar-refractivity contribution < 1.29 is 19.0 Å². The van der Waals surface area contributed by atoms with Gasteiger partial charge in [-0.3, -0.25) is 9.69 Å². The molecule has 2 N–H and O–H groups in total. The number of fused-ring (bicyclic) bond motifs is 1. The molecule has 2 aromatic heterocycles. The first kappa shape index (κ1) is 28.4. The van der Waals surface area contributed by atoms with E-state index in [1.54, 1.807) is 26.4 Å². The predicted molar refractivity (Wildman–Crippen MR) is 160 cm³/mol. The van der Waals surface area contributed by atoms with Gasteiger partial charge in [-0.2, -0.15) is 4.98 Å². The van der Waals surface area contributed by atoms with Crippen LogP contribution in [0.5, 0.6) is 17.4 Å². The summed E-state index contributed by atoms with van der Waals surface area (Å²) in [5.74, 6) is 1.88. The summed E-state index contributed by atoms with van der Waals surface area (Å²) < 4.78 is 19.4. The van der Waals surface area contributed by atoms with Crippen molar-refractivity contribution in [1.29, 1.82) is 0 Å². The highest BCUT2D eigenvalue weighted by molar-refractivity contribution is 6.07. The van der Waals surface area contributed by atoms with Gasteiger partial charge >= 0.3 is 0 Å². The number of methoxy groups -OCH3 is 1. The molecule has 1 fully saturated rings. The fraction of sp³-hybridized carbons (Fsp3) is 0.387. The molecular weight excluding hydrogens is 520 g/mol. The standard InChI is InChI=1S/C31H38N6O4/c1-31(2,3)22-16-21(19-37-12-14-40-15-13-37)28(39-6)23(18-22)34-29(38)24-17-20-8-7-9-25(27(20)36(24)5)41-26-10-11-33-30(32-4)35-26/h7-11,16-18H,12-15,19H2,1-6H3,(H,34,38)(H,32,33,35). The highest BCUT2D eigenvalue weighted by Gasteiger charge is 2.24. The Balaban J connectivity index is 1.49. The molecule has 10 heteroatoms. The maximum atomic E-state index is 13.8. The number of para-hydroxylation sites is 1. The molecule has 1 aliphatic heterocycles. The summed E-state index contributed by atoms with van der Waals surface area (Å²) in [6.45, 7) is 10.4. The number of anilines is 2. The number of nitrogens with zero attached hydrogens (tertiary/aromatic N) is 4. The highest BCUT2D eigenvalue weighted by Crippen LogP contribution is 2.37. The zero-order valence-corrected chi connectivity index (χ0v) is 24.6. The number of hydrogen-bond acceptors (Lipinski definition) is 8. The van der Waals surface area contributed by atoms with E-state index >= 15 is 0 Å². The number of nitrogens with one attached hydrogen (secondary N) is 2. The first-order valence-corrected chi connectivity index (χ1v) is 13.8. The van der Waals surface area contributed by atoms with Crippen LogP contribution >= 0.6 is 0 Å². The summed E-state index contributed by atoms with van der Waals surface area (Å²) in [5.41, 5.74) is 3.96. The number of carbonyl (C=O) groups is 1. The lowest BCUT2D eigenvalue weighted by molar-refractivity contribution is 0.0339. The van der Waals surface area contributed by atoms with Gasteiger partial charge in [-0.1, -0.05) is 39.0 Å². The average molecular weight is 559 g/mol. The molecule has 0 unspecified atom stereocenters. The third kappa shape index (κ3) is 6.13. The molecule has 1 saturated heterocycles. The van der Waals surface area contributed by atoms with Gasteiger partial charge in [0.15, 0.2) is 5.75 Å². The number of amides is 1. The summed E-state index contributed by atoms with van der Waals surface area (Å²) in [6.07, 6.45) is 1.63. The van der Waals surface area contributed by atoms with Gasteiger partial charge in [0.2, 0.25) is 11.8 Å². The minimum Gasteiger partial charge on any atom is -0.494 e. The van der Waals surface area contributed by atoms with Gasteiger partial charge in [0.1, 0.15) is 11.4 Å². The molecule has 3 heterocycles. The molecule has 1 amide bonds. The van der Waals surface area contributed by atoms with E-state index in [1.165, 1.54) is 0 Å². The maximum absolute atomic E-state index is 13.8. The summed E-state index contributed by atoms with van der Waals surface area (Å²) in [7, 11) is 5.26. The SMILES string of the molecule is CNc1nccc(Oc2cccc3cc(C(=O)Nc4cc(C(C)(C)C)cc(CN5CCOCC5)c4OC)n(C)c23)n1. The Bertz CT molecular complexity index is 1550. The topological polar surface area (TPSA) is 103 Å². The Kier molecular flexibility index (Phi) is 8.14. The zero-order valence-electron chi connectivity index (χ0n) is 24.6. The second-order valence-corrected chi connectivity index (χ2v) is 11.2. The van der Waals surface area contributed by atoms with E-state index in [0.29, 0.717) is 54.5 Å². The van der Waals surface area contributed by atoms with Gasteiger partial charge in [-0.25, -0.2) is 4.98 Å². The van der Waals surface area contributed by atoms with E-state index in [-0.39, 0.29) is 11.3 Å². The predicted octanol–water partition coefficient (Wildman–Crippen LogP) is 5.19. The van der Waals surface area contributed by atoms with Crippen LogP contribution in [0.25, 0.3) is 10.9 Å². The summed E-state index contributed by atoms with van der Waals surface area (Å²) in [6, 6.07) is 13.5. The first-order chi connectivity index (χ1) is 19.7. The van der Waals surface area contributed by atoms with Gasteiger partial charge in [-0.15, -0.1) is 0 Å². The summed E-state index contributed by atoms with van der Waals surface area (Å²) in [4.78, 5) is 24.7. The van der Waals surface area contributed by atoms with Gasteiger partial charge in [-0.05, 0) is 29.2 Å². The Labute approximate surface area is 240 Å². The molecule has 0 atom stereocenters. The van der Waals surface area contributed by atoms with Crippen LogP contribution in [-0.2, 0) is 23.7 Å². The molecule has 0 aliphatic carbocycles. The molecule has 0 spiro atoms. The molecular formula is C31H38N6O4. The van der Waals surface area contributed by atoms with Crippen LogP contribution in [0.15, 0.2) is 48.7 Å². The zero-order chi connectivity index (χ0) is 29.1. The average Bonchev–Trinajstić information content (AvgIpc) is 3.30. The summed E-state index contributed by atoms with van der Waals surface area (Å²) in [5, 5.41) is 6.95. The maximum Gasteiger partial charge on any atom is 0.272 e. The number of carbonyl (C=O) groups excluding carboxylic acids is 1. The van der Waals surface area contributed by atoms with Gasteiger partial charge in [0.05, 0.1) is 31.5 Å². The first-order valence-electron chi connectivity index (χ1n) is 13.8. The van der Waals surface area contributed by atoms with Crippen molar-refractivity contribution in [3.63, 3.8) is 0 Å². The number of hydrogen-bond donors (Lipinski definition) is 2. The van der Waals surface area contributed by atoms with Gasteiger partial charge in [0.25, 0.3) is 5.91 Å². The number of aryl methyl sites for hydroxylation is 1. The lowest BCUT2D eigenvalue weighted by atomic mass is 9.85. The second-order valence-electron chi connectivity index (χ2n) is 11.2. The molecule has 2 aromatic carbocycles. The number of ether oxygens (including phenoxy) is 3. The Hall–Kier alpha value is -4.15. The normalized spacial score (nSPS) is 14.2. The van der Waals surface area contributed by atoms with Gasteiger partial charge < -0.3 is 29.4 Å². The van der Waals surface area contributed by atoms with Crippen molar-refractivity contribution in [2.75, 3.05) is 51.1 Å². The van der Waals surface area contributed by atoms with Gasteiger partial charge in [0, 0.05) is 56.9 Å². The van der Waals surface area contributed by atoms with Crippen molar-refractivity contribution in [2.24, 2.45) is 7.05 Å². The summed E-state index contributed by atoms with van der Waals surface area (Å²) >= 11 is 0. The lowest BCUT2D eigenvalue weighted by Gasteiger charge is -2.29. The minimum atomic E-state index is -0.240. The van der Waals surface area contributed by atoms with Crippen molar-refractivity contribution in [3.8, 4) is 17.4 Å². The van der Waals surface area contributed by atoms with Crippen LogP contribution in [-0.4, -0.2) is 65.8 Å². The smallest absolute Gasteiger partial charge is 0.272 e. The van der Waals surface area contributed by atoms with E-state index in [1.807, 2.05) is 41.9 Å². The Morgan fingerprint density at radius 3 is 2.61 bits per heavy atom. The third-order valence-electron chi connectivity index (χ3n) is 7.30. The molecule has 216 valence electrons. The monoisotopic (exact) mass is 558 g/mol. The number of rotatable bonds is 8. The van der Waals surface area contributed by atoms with Crippen molar-refractivity contribution in [1.82, 2.24) is 19.4 Å². The number of morpholine rings is 1. The Morgan fingerprint density at radius 1 is 1.12 bits per heavy atom. The van der Waals surface area contributed by atoms with Crippen LogP contribution in [0.3, 0.4) is 0 Å². The van der Waals surface area contributed by atoms with E-state index in [0.717, 1.165) is 35.1 Å². The molecule has 0 saturated carbocycles.